The van der Waals surface area contributed by atoms with Crippen LogP contribution in [0.25, 0.3) is 0 Å². The Bertz CT molecular complexity index is 1020. The van der Waals surface area contributed by atoms with Crippen molar-refractivity contribution in [3.8, 4) is 17.2 Å². The SMILES string of the molecule is CCCCCCSc1nc(Nc2cc(OC)c(OC)c(OC)c2)cc(C(=O)NCCCN2CCN(C)CC2)n1. The van der Waals surface area contributed by atoms with Gasteiger partial charge in [-0.2, -0.15) is 0 Å². The van der Waals surface area contributed by atoms with E-state index in [0.717, 1.165) is 51.3 Å². The van der Waals surface area contributed by atoms with Crippen molar-refractivity contribution >= 4 is 29.2 Å². The number of aromatic nitrogens is 2. The highest BCUT2D eigenvalue weighted by atomic mass is 32.2. The van der Waals surface area contributed by atoms with Crippen LogP contribution >= 0.6 is 11.8 Å². The van der Waals surface area contributed by atoms with Crippen LogP contribution in [0, 0.1) is 0 Å². The molecule has 0 radical (unpaired) electrons. The second-order valence-electron chi connectivity index (χ2n) is 9.62. The number of benzene rings is 1. The van der Waals surface area contributed by atoms with Crippen LogP contribution in [0.2, 0.25) is 0 Å². The third-order valence-electron chi connectivity index (χ3n) is 6.64. The van der Waals surface area contributed by atoms with Crippen molar-refractivity contribution in [1.82, 2.24) is 25.1 Å². The number of thioether (sulfide) groups is 1. The number of anilines is 2. The topological polar surface area (TPSA) is 101 Å². The van der Waals surface area contributed by atoms with Gasteiger partial charge in [-0.05, 0) is 26.4 Å². The largest absolute Gasteiger partial charge is 0.493 e. The fourth-order valence-electron chi connectivity index (χ4n) is 4.33. The quantitative estimate of drug-likeness (QED) is 0.176. The lowest BCUT2D eigenvalue weighted by Crippen LogP contribution is -2.45. The Hall–Kier alpha value is -2.76. The number of nitrogens with one attached hydrogen (secondary N) is 2. The summed E-state index contributed by atoms with van der Waals surface area (Å²) in [5.41, 5.74) is 1.04. The summed E-state index contributed by atoms with van der Waals surface area (Å²) < 4.78 is 16.4. The second-order valence-corrected chi connectivity index (χ2v) is 10.7. The number of carbonyl (C=O) groups is 1. The summed E-state index contributed by atoms with van der Waals surface area (Å²) in [5.74, 6) is 2.79. The van der Waals surface area contributed by atoms with Crippen LogP contribution in [0.15, 0.2) is 23.4 Å². The third kappa shape index (κ3) is 9.74. The Labute approximate surface area is 237 Å². The van der Waals surface area contributed by atoms with Gasteiger partial charge in [-0.15, -0.1) is 0 Å². The predicted octanol–water partition coefficient (Wildman–Crippen LogP) is 4.29. The first kappa shape index (κ1) is 30.8. The lowest BCUT2D eigenvalue weighted by atomic mass is 10.2. The number of nitrogens with zero attached hydrogens (tertiary/aromatic N) is 4. The number of likely N-dealkylation sites (N-methyl/N-ethyl adjacent to an activating group) is 1. The van der Waals surface area contributed by atoms with E-state index >= 15 is 0 Å². The maximum absolute atomic E-state index is 13.1. The van der Waals surface area contributed by atoms with E-state index in [9.17, 15) is 4.79 Å². The van der Waals surface area contributed by atoms with E-state index in [1.165, 1.54) is 19.3 Å². The minimum Gasteiger partial charge on any atom is -0.493 e. The normalized spacial score (nSPS) is 14.2. The standard InChI is InChI=1S/C28H44N6O4S/c1-6-7-8-9-17-39-28-31-22(27(35)29-11-10-12-34-15-13-33(2)14-16-34)20-25(32-28)30-21-18-23(36-3)26(38-5)24(19-21)37-4/h18-20H,6-17H2,1-5H3,(H,29,35)(H,30,31,32). The van der Waals surface area contributed by atoms with Gasteiger partial charge in [-0.3, -0.25) is 4.79 Å². The summed E-state index contributed by atoms with van der Waals surface area (Å²) in [6.07, 6.45) is 5.56. The van der Waals surface area contributed by atoms with E-state index in [-0.39, 0.29) is 5.91 Å². The minimum atomic E-state index is -0.198. The van der Waals surface area contributed by atoms with Crippen molar-refractivity contribution in [2.75, 3.05) is 78.7 Å². The van der Waals surface area contributed by atoms with Crippen LogP contribution < -0.4 is 24.8 Å². The highest BCUT2D eigenvalue weighted by Gasteiger charge is 2.17. The summed E-state index contributed by atoms with van der Waals surface area (Å²) in [6, 6.07) is 5.29. The number of hydrogen-bond donors (Lipinski definition) is 2. The molecule has 1 amide bonds. The van der Waals surface area contributed by atoms with Crippen molar-refractivity contribution in [3.05, 3.63) is 23.9 Å². The van der Waals surface area contributed by atoms with Gasteiger partial charge in [0.05, 0.1) is 21.3 Å². The lowest BCUT2D eigenvalue weighted by Gasteiger charge is -2.32. The average molecular weight is 561 g/mol. The molecule has 1 saturated heterocycles. The van der Waals surface area contributed by atoms with E-state index < -0.39 is 0 Å². The molecule has 0 aliphatic carbocycles. The van der Waals surface area contributed by atoms with Crippen LogP contribution in [0.4, 0.5) is 11.5 Å². The Morgan fingerprint density at radius 2 is 1.67 bits per heavy atom. The molecule has 1 aliphatic heterocycles. The van der Waals surface area contributed by atoms with Gasteiger partial charge >= 0.3 is 0 Å². The first-order valence-electron chi connectivity index (χ1n) is 13.7. The predicted molar refractivity (Wildman–Crippen MR) is 157 cm³/mol. The molecule has 3 rings (SSSR count). The van der Waals surface area contributed by atoms with Gasteiger partial charge in [0.25, 0.3) is 5.91 Å². The summed E-state index contributed by atoms with van der Waals surface area (Å²) in [7, 11) is 6.87. The number of piperazine rings is 1. The summed E-state index contributed by atoms with van der Waals surface area (Å²) >= 11 is 1.57. The maximum Gasteiger partial charge on any atom is 0.270 e. The molecule has 0 unspecified atom stereocenters. The summed E-state index contributed by atoms with van der Waals surface area (Å²) in [5, 5.41) is 6.91. The van der Waals surface area contributed by atoms with Crippen molar-refractivity contribution in [3.63, 3.8) is 0 Å². The van der Waals surface area contributed by atoms with Gasteiger partial charge < -0.3 is 34.6 Å². The van der Waals surface area contributed by atoms with Gasteiger partial charge in [0.1, 0.15) is 11.5 Å². The number of methoxy groups -OCH3 is 3. The number of hydrogen-bond acceptors (Lipinski definition) is 10. The summed E-state index contributed by atoms with van der Waals surface area (Å²) in [6.45, 7) is 8.11. The van der Waals surface area contributed by atoms with Gasteiger partial charge in [0.2, 0.25) is 5.75 Å². The number of carbonyl (C=O) groups excluding carboxylic acids is 1. The van der Waals surface area contributed by atoms with Gasteiger partial charge in [0, 0.05) is 62.4 Å². The molecule has 0 atom stereocenters. The Balaban J connectivity index is 1.70. The highest BCUT2D eigenvalue weighted by molar-refractivity contribution is 7.99. The Kier molecular flexibility index (Phi) is 12.9. The number of unbranched alkanes of at least 4 members (excludes halogenated alkanes) is 3. The van der Waals surface area contributed by atoms with Crippen LogP contribution in [-0.4, -0.2) is 99.1 Å². The molecule has 1 aliphatic rings. The van der Waals surface area contributed by atoms with Crippen molar-refractivity contribution in [1.29, 1.82) is 0 Å². The van der Waals surface area contributed by atoms with Crippen molar-refractivity contribution in [2.24, 2.45) is 0 Å². The van der Waals surface area contributed by atoms with E-state index in [2.05, 4.69) is 44.4 Å². The second kappa shape index (κ2) is 16.4. The van der Waals surface area contributed by atoms with E-state index in [1.54, 1.807) is 51.3 Å². The van der Waals surface area contributed by atoms with Crippen LogP contribution in [0.3, 0.4) is 0 Å². The first-order chi connectivity index (χ1) is 19.0. The van der Waals surface area contributed by atoms with E-state index in [4.69, 9.17) is 14.2 Å². The Morgan fingerprint density at radius 3 is 2.31 bits per heavy atom. The molecule has 0 bridgehead atoms. The van der Waals surface area contributed by atoms with Gasteiger partial charge in [-0.1, -0.05) is 37.9 Å². The number of rotatable bonds is 16. The van der Waals surface area contributed by atoms with Crippen LogP contribution in [0.1, 0.15) is 49.5 Å². The van der Waals surface area contributed by atoms with Crippen molar-refractivity contribution in [2.45, 2.75) is 44.2 Å². The molecular weight excluding hydrogens is 516 g/mol. The number of amides is 1. The molecule has 1 aromatic heterocycles. The molecule has 39 heavy (non-hydrogen) atoms. The third-order valence-corrected chi connectivity index (χ3v) is 7.57. The molecule has 0 saturated carbocycles. The molecule has 2 N–H and O–H groups in total. The molecule has 0 spiro atoms. The zero-order valence-corrected chi connectivity index (χ0v) is 24.9. The van der Waals surface area contributed by atoms with Crippen LogP contribution in [-0.2, 0) is 0 Å². The van der Waals surface area contributed by atoms with E-state index in [0.29, 0.717) is 46.1 Å². The zero-order valence-electron chi connectivity index (χ0n) is 24.0. The Morgan fingerprint density at radius 1 is 0.949 bits per heavy atom. The molecule has 2 aromatic rings. The van der Waals surface area contributed by atoms with Crippen molar-refractivity contribution < 1.29 is 19.0 Å². The highest BCUT2D eigenvalue weighted by Crippen LogP contribution is 2.40. The average Bonchev–Trinajstić information content (AvgIpc) is 2.95. The zero-order chi connectivity index (χ0) is 28.0. The molecule has 1 fully saturated rings. The smallest absolute Gasteiger partial charge is 0.270 e. The summed E-state index contributed by atoms with van der Waals surface area (Å²) in [4.78, 5) is 27.1. The van der Waals surface area contributed by atoms with Gasteiger partial charge in [0.15, 0.2) is 16.7 Å². The molecule has 216 valence electrons. The number of ether oxygens (including phenoxy) is 3. The molecular formula is C28H44N6O4S. The monoisotopic (exact) mass is 560 g/mol. The minimum absolute atomic E-state index is 0.198. The van der Waals surface area contributed by atoms with E-state index in [1.807, 2.05) is 0 Å². The fourth-order valence-corrected chi connectivity index (χ4v) is 5.19. The molecule has 11 heteroatoms. The lowest BCUT2D eigenvalue weighted by molar-refractivity contribution is 0.0943. The molecule has 10 nitrogen and oxygen atoms in total. The first-order valence-corrected chi connectivity index (χ1v) is 14.7. The maximum atomic E-state index is 13.1. The fraction of sp³-hybridized carbons (Fsp3) is 0.607. The van der Waals surface area contributed by atoms with Gasteiger partial charge in [-0.25, -0.2) is 9.97 Å². The molecule has 2 heterocycles. The van der Waals surface area contributed by atoms with Crippen LogP contribution in [0.5, 0.6) is 17.2 Å². The molecule has 1 aromatic carbocycles.